The normalized spacial score (nSPS) is 16.2. The topological polar surface area (TPSA) is 59.4 Å². The first-order chi connectivity index (χ1) is 14.7. The Morgan fingerprint density at radius 3 is 2.52 bits per heavy atom. The molecule has 1 aliphatic rings. The van der Waals surface area contributed by atoms with E-state index in [2.05, 4.69) is 11.9 Å². The molecule has 0 saturated heterocycles. The molecular weight excluding hydrogens is 420 g/mol. The van der Waals surface area contributed by atoms with Crippen LogP contribution in [-0.2, 0) is 16.0 Å². The van der Waals surface area contributed by atoms with Gasteiger partial charge in [-0.25, -0.2) is 4.79 Å². The standard InChI is InChI=1S/C24H29F2NO3S/c1-16-19(12-23(2,3)30-13-20(28)29)21(22(31-16)18-6-10-27-11-7-18)17-4-8-24(14-25,15-26)9-5-17/h4,6-7,10-11H,5,8-9,12-15H2,1-3H3,(H,28,29). The fraction of sp³-hybridized carbons (Fsp3) is 0.500. The van der Waals surface area contributed by atoms with Gasteiger partial charge < -0.3 is 9.84 Å². The Labute approximate surface area is 186 Å². The fourth-order valence-electron chi connectivity index (χ4n) is 4.02. The maximum absolute atomic E-state index is 13.5. The molecule has 0 fully saturated rings. The number of rotatable bonds is 9. The van der Waals surface area contributed by atoms with Crippen LogP contribution in [0.15, 0.2) is 30.6 Å². The molecule has 0 unspecified atom stereocenters. The molecule has 168 valence electrons. The first-order valence-electron chi connectivity index (χ1n) is 10.4. The Balaban J connectivity index is 2.05. The first-order valence-corrected chi connectivity index (χ1v) is 11.2. The second-order valence-electron chi connectivity index (χ2n) is 8.90. The van der Waals surface area contributed by atoms with Gasteiger partial charge >= 0.3 is 5.97 Å². The van der Waals surface area contributed by atoms with Gasteiger partial charge in [-0.2, -0.15) is 0 Å². The highest BCUT2D eigenvalue weighted by atomic mass is 32.1. The third-order valence-corrected chi connectivity index (χ3v) is 7.13. The summed E-state index contributed by atoms with van der Waals surface area (Å²) in [6.45, 7) is 4.15. The molecule has 2 heterocycles. The van der Waals surface area contributed by atoms with Gasteiger partial charge in [0.1, 0.15) is 6.61 Å². The molecule has 0 atom stereocenters. The second kappa shape index (κ2) is 9.57. The average molecular weight is 450 g/mol. The van der Waals surface area contributed by atoms with Gasteiger partial charge in [-0.05, 0) is 74.4 Å². The summed E-state index contributed by atoms with van der Waals surface area (Å²) in [5.74, 6) is -1.00. The summed E-state index contributed by atoms with van der Waals surface area (Å²) < 4.78 is 32.7. The Morgan fingerprint density at radius 2 is 1.97 bits per heavy atom. The summed E-state index contributed by atoms with van der Waals surface area (Å²) in [5, 5.41) is 9.01. The predicted octanol–water partition coefficient (Wildman–Crippen LogP) is 6.03. The highest BCUT2D eigenvalue weighted by Gasteiger charge is 2.35. The summed E-state index contributed by atoms with van der Waals surface area (Å²) in [6.07, 6.45) is 7.47. The van der Waals surface area contributed by atoms with Crippen molar-refractivity contribution in [3.05, 3.63) is 46.6 Å². The van der Waals surface area contributed by atoms with Gasteiger partial charge in [-0.15, -0.1) is 11.3 Å². The minimum absolute atomic E-state index is 0.360. The monoisotopic (exact) mass is 449 g/mol. The molecule has 0 spiro atoms. The Bertz CT molecular complexity index is 949. The van der Waals surface area contributed by atoms with Crippen molar-refractivity contribution in [3.8, 4) is 10.4 Å². The molecule has 0 aliphatic heterocycles. The molecule has 1 aliphatic carbocycles. The number of thiophene rings is 1. The van der Waals surface area contributed by atoms with Crippen molar-refractivity contribution in [1.82, 2.24) is 4.98 Å². The van der Waals surface area contributed by atoms with Crippen LogP contribution in [0.2, 0.25) is 0 Å². The Morgan fingerprint density at radius 1 is 1.29 bits per heavy atom. The molecule has 31 heavy (non-hydrogen) atoms. The molecule has 4 nitrogen and oxygen atoms in total. The molecule has 0 radical (unpaired) electrons. The van der Waals surface area contributed by atoms with Crippen molar-refractivity contribution in [2.75, 3.05) is 20.0 Å². The zero-order valence-corrected chi connectivity index (χ0v) is 19.0. The van der Waals surface area contributed by atoms with E-state index >= 15 is 0 Å². The van der Waals surface area contributed by atoms with E-state index in [9.17, 15) is 13.6 Å². The average Bonchev–Trinajstić information content (AvgIpc) is 3.08. The summed E-state index contributed by atoms with van der Waals surface area (Å²) in [7, 11) is 0. The molecule has 0 saturated carbocycles. The number of carbonyl (C=O) groups is 1. The second-order valence-corrected chi connectivity index (χ2v) is 10.1. The molecular formula is C24H29F2NO3S. The molecule has 2 aromatic heterocycles. The maximum atomic E-state index is 13.5. The van der Waals surface area contributed by atoms with Crippen LogP contribution in [0.4, 0.5) is 8.78 Å². The fourth-order valence-corrected chi connectivity index (χ4v) is 5.23. The molecule has 2 aromatic rings. The van der Waals surface area contributed by atoms with Gasteiger partial charge in [0.15, 0.2) is 0 Å². The minimum Gasteiger partial charge on any atom is -0.480 e. The number of halogens is 2. The molecule has 0 bridgehead atoms. The van der Waals surface area contributed by atoms with E-state index < -0.39 is 30.3 Å². The van der Waals surface area contributed by atoms with E-state index in [-0.39, 0.29) is 6.61 Å². The first kappa shape index (κ1) is 23.5. The van der Waals surface area contributed by atoms with Crippen LogP contribution in [0, 0.1) is 12.3 Å². The summed E-state index contributed by atoms with van der Waals surface area (Å²) in [4.78, 5) is 17.3. The van der Waals surface area contributed by atoms with Crippen LogP contribution < -0.4 is 0 Å². The Kier molecular flexibility index (Phi) is 7.27. The van der Waals surface area contributed by atoms with Crippen molar-refractivity contribution in [2.24, 2.45) is 5.41 Å². The van der Waals surface area contributed by atoms with E-state index in [4.69, 9.17) is 9.84 Å². The number of aryl methyl sites for hydroxylation is 1. The number of ether oxygens (including phenoxy) is 1. The highest BCUT2D eigenvalue weighted by Crippen LogP contribution is 2.47. The van der Waals surface area contributed by atoms with Gasteiger partial charge in [-0.3, -0.25) is 13.8 Å². The number of hydrogen-bond acceptors (Lipinski definition) is 4. The van der Waals surface area contributed by atoms with Crippen molar-refractivity contribution >= 4 is 22.9 Å². The van der Waals surface area contributed by atoms with Gasteiger partial charge in [-0.1, -0.05) is 6.08 Å². The minimum atomic E-state index is -1.00. The van der Waals surface area contributed by atoms with Crippen LogP contribution >= 0.6 is 11.3 Å². The van der Waals surface area contributed by atoms with Gasteiger partial charge in [0, 0.05) is 34.0 Å². The lowest BCUT2D eigenvalue weighted by Crippen LogP contribution is -2.31. The van der Waals surface area contributed by atoms with Crippen LogP contribution in [0.3, 0.4) is 0 Å². The maximum Gasteiger partial charge on any atom is 0.329 e. The number of aromatic nitrogens is 1. The molecule has 7 heteroatoms. The number of aliphatic carboxylic acids is 1. The quantitative estimate of drug-likeness (QED) is 0.508. The van der Waals surface area contributed by atoms with Gasteiger partial charge in [0.2, 0.25) is 0 Å². The van der Waals surface area contributed by atoms with Crippen molar-refractivity contribution in [1.29, 1.82) is 0 Å². The lowest BCUT2D eigenvalue weighted by molar-refractivity contribution is -0.148. The van der Waals surface area contributed by atoms with Crippen LogP contribution in [0.5, 0.6) is 0 Å². The highest BCUT2D eigenvalue weighted by molar-refractivity contribution is 7.16. The van der Waals surface area contributed by atoms with Crippen molar-refractivity contribution in [3.63, 3.8) is 0 Å². The van der Waals surface area contributed by atoms with Crippen molar-refractivity contribution < 1.29 is 23.4 Å². The van der Waals surface area contributed by atoms with E-state index in [0.29, 0.717) is 25.7 Å². The smallest absolute Gasteiger partial charge is 0.329 e. The number of alkyl halides is 2. The molecule has 0 aromatic carbocycles. The number of allylic oxidation sites excluding steroid dienone is 2. The summed E-state index contributed by atoms with van der Waals surface area (Å²) in [6, 6.07) is 3.92. The molecule has 1 N–H and O–H groups in total. The number of carboxylic acids is 1. The molecule has 0 amide bonds. The van der Waals surface area contributed by atoms with E-state index in [1.165, 1.54) is 0 Å². The van der Waals surface area contributed by atoms with E-state index in [0.717, 1.165) is 32.0 Å². The number of pyridine rings is 1. The number of nitrogens with zero attached hydrogens (tertiary/aromatic N) is 1. The van der Waals surface area contributed by atoms with Crippen LogP contribution in [-0.4, -0.2) is 41.6 Å². The van der Waals surface area contributed by atoms with Gasteiger partial charge in [0.25, 0.3) is 0 Å². The zero-order chi connectivity index (χ0) is 22.6. The SMILES string of the molecule is Cc1sc(-c2ccncc2)c(C2=CCC(CF)(CF)CC2)c1CC(C)(C)OCC(=O)O. The lowest BCUT2D eigenvalue weighted by atomic mass is 9.74. The van der Waals surface area contributed by atoms with E-state index in [1.807, 2.05) is 32.1 Å². The molecule has 3 rings (SSSR count). The van der Waals surface area contributed by atoms with Gasteiger partial charge in [0.05, 0.1) is 19.0 Å². The predicted molar refractivity (Wildman–Crippen MR) is 120 cm³/mol. The largest absolute Gasteiger partial charge is 0.480 e. The summed E-state index contributed by atoms with van der Waals surface area (Å²) >= 11 is 1.68. The number of carboxylic acid groups (broad SMARTS) is 1. The van der Waals surface area contributed by atoms with E-state index in [1.54, 1.807) is 23.7 Å². The lowest BCUT2D eigenvalue weighted by Gasteiger charge is -2.32. The summed E-state index contributed by atoms with van der Waals surface area (Å²) in [5.41, 5.74) is 2.75. The zero-order valence-electron chi connectivity index (χ0n) is 18.2. The van der Waals surface area contributed by atoms with Crippen LogP contribution in [0.25, 0.3) is 16.0 Å². The third-order valence-electron chi connectivity index (χ3n) is 5.93. The Hall–Kier alpha value is -2.12. The van der Waals surface area contributed by atoms with Crippen molar-refractivity contribution in [2.45, 2.75) is 52.1 Å². The number of hydrogen-bond donors (Lipinski definition) is 1. The van der Waals surface area contributed by atoms with Crippen LogP contribution in [0.1, 0.15) is 49.1 Å². The third kappa shape index (κ3) is 5.39.